The summed E-state index contributed by atoms with van der Waals surface area (Å²) in [4.78, 5) is 16.3. The van der Waals surface area contributed by atoms with Gasteiger partial charge in [0, 0.05) is 23.5 Å². The molecule has 0 unspecified atom stereocenters. The number of carbonyl (C=O) groups is 1. The second-order valence-corrected chi connectivity index (χ2v) is 7.13. The van der Waals surface area contributed by atoms with E-state index < -0.39 is 0 Å². The zero-order valence-corrected chi connectivity index (χ0v) is 16.2. The third kappa shape index (κ3) is 3.84. The highest BCUT2D eigenvalue weighted by Crippen LogP contribution is 2.34. The number of rotatable bonds is 5. The minimum absolute atomic E-state index is 0.0173. The monoisotopic (exact) mass is 384 g/mol. The van der Waals surface area contributed by atoms with E-state index >= 15 is 0 Å². The number of ether oxygens (including phenoxy) is 3. The van der Waals surface area contributed by atoms with Gasteiger partial charge in [0.05, 0.1) is 33.3 Å². The number of nitrogens with one attached hydrogen (secondary N) is 2. The summed E-state index contributed by atoms with van der Waals surface area (Å²) < 4.78 is 16.0. The second kappa shape index (κ2) is 7.98. The molecule has 2 aliphatic heterocycles. The minimum atomic E-state index is -0.127. The highest BCUT2D eigenvalue weighted by atomic mass is 16.7. The fraction of sp³-hybridized carbons (Fsp3) is 0.381. The SMILES string of the molecule is COc1cccc(N2CC[NH+]([C@@H](C)C(=O)Nc3ccc4c(c3)OCO4)CC2)c1. The molecule has 7 heteroatoms. The lowest BCUT2D eigenvalue weighted by atomic mass is 10.2. The van der Waals surface area contributed by atoms with Crippen molar-refractivity contribution in [3.05, 3.63) is 42.5 Å². The number of carbonyl (C=O) groups excluding carboxylic acids is 1. The van der Waals surface area contributed by atoms with Gasteiger partial charge in [-0.25, -0.2) is 0 Å². The first-order valence-electron chi connectivity index (χ1n) is 9.58. The number of benzene rings is 2. The molecule has 148 valence electrons. The zero-order valence-electron chi connectivity index (χ0n) is 16.2. The molecule has 28 heavy (non-hydrogen) atoms. The average Bonchev–Trinajstić information content (AvgIpc) is 3.21. The van der Waals surface area contributed by atoms with Gasteiger partial charge in [0.2, 0.25) is 6.79 Å². The summed E-state index contributed by atoms with van der Waals surface area (Å²) in [5.41, 5.74) is 1.89. The number of hydrogen-bond donors (Lipinski definition) is 2. The Morgan fingerprint density at radius 1 is 1.14 bits per heavy atom. The van der Waals surface area contributed by atoms with Gasteiger partial charge in [0.25, 0.3) is 5.91 Å². The second-order valence-electron chi connectivity index (χ2n) is 7.13. The summed E-state index contributed by atoms with van der Waals surface area (Å²) in [6, 6.07) is 13.5. The van der Waals surface area contributed by atoms with Crippen LogP contribution < -0.4 is 29.3 Å². The first kappa shape index (κ1) is 18.4. The number of nitrogens with zero attached hydrogens (tertiary/aromatic N) is 1. The van der Waals surface area contributed by atoms with Crippen LogP contribution in [0.3, 0.4) is 0 Å². The Balaban J connectivity index is 1.33. The molecule has 0 spiro atoms. The lowest BCUT2D eigenvalue weighted by Gasteiger charge is -2.36. The van der Waals surface area contributed by atoms with Gasteiger partial charge in [-0.05, 0) is 31.2 Å². The maximum atomic E-state index is 12.7. The molecule has 2 aliphatic rings. The number of amides is 1. The first-order chi connectivity index (χ1) is 13.6. The third-order valence-electron chi connectivity index (χ3n) is 5.47. The molecule has 4 rings (SSSR count). The molecule has 0 aromatic heterocycles. The van der Waals surface area contributed by atoms with Crippen molar-refractivity contribution in [2.24, 2.45) is 0 Å². The molecule has 7 nitrogen and oxygen atoms in total. The van der Waals surface area contributed by atoms with E-state index in [1.165, 1.54) is 4.90 Å². The lowest BCUT2D eigenvalue weighted by molar-refractivity contribution is -0.914. The Morgan fingerprint density at radius 3 is 2.71 bits per heavy atom. The van der Waals surface area contributed by atoms with Crippen molar-refractivity contribution in [2.45, 2.75) is 13.0 Å². The van der Waals surface area contributed by atoms with Crippen molar-refractivity contribution in [1.29, 1.82) is 0 Å². The highest BCUT2D eigenvalue weighted by Gasteiger charge is 2.29. The highest BCUT2D eigenvalue weighted by molar-refractivity contribution is 5.94. The molecule has 1 fully saturated rings. The molecule has 0 aliphatic carbocycles. The van der Waals surface area contributed by atoms with Crippen LogP contribution in [0.5, 0.6) is 17.2 Å². The molecule has 0 radical (unpaired) electrons. The van der Waals surface area contributed by atoms with E-state index in [1.807, 2.05) is 37.3 Å². The molecule has 2 aromatic rings. The Hall–Kier alpha value is -2.93. The van der Waals surface area contributed by atoms with Crippen molar-refractivity contribution < 1.29 is 23.9 Å². The van der Waals surface area contributed by atoms with Crippen LogP contribution in [-0.2, 0) is 4.79 Å². The third-order valence-corrected chi connectivity index (χ3v) is 5.47. The standard InChI is InChI=1S/C21H25N3O4/c1-15(21(25)22-16-6-7-19-20(12-16)28-14-27-19)23-8-10-24(11-9-23)17-4-3-5-18(13-17)26-2/h3-7,12-13,15H,8-11,14H2,1-2H3,(H,22,25)/p+1/t15-/m0/s1. The number of piperazine rings is 1. The largest absolute Gasteiger partial charge is 0.497 e. The predicted molar refractivity (Wildman–Crippen MR) is 107 cm³/mol. The van der Waals surface area contributed by atoms with Gasteiger partial charge < -0.3 is 29.3 Å². The Morgan fingerprint density at radius 2 is 1.93 bits per heavy atom. The van der Waals surface area contributed by atoms with E-state index in [0.717, 1.165) is 43.3 Å². The number of anilines is 2. The molecule has 1 amide bonds. The Labute approximate surface area is 164 Å². The van der Waals surface area contributed by atoms with Gasteiger partial charge in [0.15, 0.2) is 17.5 Å². The quantitative estimate of drug-likeness (QED) is 0.810. The van der Waals surface area contributed by atoms with Crippen LogP contribution in [0.2, 0.25) is 0 Å². The topological polar surface area (TPSA) is 64.5 Å². The van der Waals surface area contributed by atoms with Crippen molar-refractivity contribution in [3.8, 4) is 17.2 Å². The van der Waals surface area contributed by atoms with E-state index in [0.29, 0.717) is 11.5 Å². The average molecular weight is 384 g/mol. The normalized spacial score (nSPS) is 17.3. The number of quaternary nitrogens is 1. The van der Waals surface area contributed by atoms with E-state index in [-0.39, 0.29) is 18.7 Å². The molecule has 2 N–H and O–H groups in total. The molecule has 0 bridgehead atoms. The van der Waals surface area contributed by atoms with E-state index in [9.17, 15) is 4.79 Å². The lowest BCUT2D eigenvalue weighted by Crippen LogP contribution is -3.19. The van der Waals surface area contributed by atoms with Crippen LogP contribution in [0, 0.1) is 0 Å². The van der Waals surface area contributed by atoms with Crippen molar-refractivity contribution in [3.63, 3.8) is 0 Å². The van der Waals surface area contributed by atoms with Gasteiger partial charge in [-0.3, -0.25) is 4.79 Å². The van der Waals surface area contributed by atoms with Crippen LogP contribution in [0.25, 0.3) is 0 Å². The van der Waals surface area contributed by atoms with Crippen LogP contribution in [0.1, 0.15) is 6.92 Å². The van der Waals surface area contributed by atoms with Gasteiger partial charge in [-0.2, -0.15) is 0 Å². The summed E-state index contributed by atoms with van der Waals surface area (Å²) in [7, 11) is 1.68. The van der Waals surface area contributed by atoms with Crippen LogP contribution in [-0.4, -0.2) is 52.0 Å². The molecule has 2 aromatic carbocycles. The van der Waals surface area contributed by atoms with E-state index in [1.54, 1.807) is 7.11 Å². The van der Waals surface area contributed by atoms with Crippen LogP contribution in [0.15, 0.2) is 42.5 Å². The first-order valence-corrected chi connectivity index (χ1v) is 9.58. The molecule has 1 atom stereocenters. The van der Waals surface area contributed by atoms with Gasteiger partial charge in [-0.15, -0.1) is 0 Å². The van der Waals surface area contributed by atoms with Crippen molar-refractivity contribution >= 4 is 17.3 Å². The summed E-state index contributed by atoms with van der Waals surface area (Å²) >= 11 is 0. The molecule has 0 saturated carbocycles. The fourth-order valence-corrected chi connectivity index (χ4v) is 3.70. The maximum Gasteiger partial charge on any atom is 0.282 e. The minimum Gasteiger partial charge on any atom is -0.497 e. The molecular weight excluding hydrogens is 358 g/mol. The Bertz CT molecular complexity index is 849. The predicted octanol–water partition coefficient (Wildman–Crippen LogP) is 1.16. The summed E-state index contributed by atoms with van der Waals surface area (Å²) in [6.07, 6.45) is 0. The van der Waals surface area contributed by atoms with E-state index in [2.05, 4.69) is 22.3 Å². The number of methoxy groups -OCH3 is 1. The van der Waals surface area contributed by atoms with E-state index in [4.69, 9.17) is 14.2 Å². The summed E-state index contributed by atoms with van der Waals surface area (Å²) in [5, 5.41) is 3.00. The molecule has 1 saturated heterocycles. The van der Waals surface area contributed by atoms with Crippen LogP contribution >= 0.6 is 0 Å². The zero-order chi connectivity index (χ0) is 19.5. The van der Waals surface area contributed by atoms with Crippen molar-refractivity contribution in [1.82, 2.24) is 0 Å². The van der Waals surface area contributed by atoms with Crippen LogP contribution in [0.4, 0.5) is 11.4 Å². The summed E-state index contributed by atoms with van der Waals surface area (Å²) in [6.45, 7) is 5.85. The number of hydrogen-bond acceptors (Lipinski definition) is 5. The smallest absolute Gasteiger partial charge is 0.282 e. The van der Waals surface area contributed by atoms with Gasteiger partial charge in [0.1, 0.15) is 5.75 Å². The van der Waals surface area contributed by atoms with Gasteiger partial charge >= 0.3 is 0 Å². The fourth-order valence-electron chi connectivity index (χ4n) is 3.70. The summed E-state index contributed by atoms with van der Waals surface area (Å²) in [5.74, 6) is 2.27. The van der Waals surface area contributed by atoms with Crippen molar-refractivity contribution in [2.75, 3.05) is 50.3 Å². The number of fused-ring (bicyclic) bond motifs is 1. The van der Waals surface area contributed by atoms with Gasteiger partial charge in [-0.1, -0.05) is 6.07 Å². The molecule has 2 heterocycles. The molecular formula is C21H26N3O4+. The Kier molecular flexibility index (Phi) is 5.25. The maximum absolute atomic E-state index is 12.7.